The van der Waals surface area contributed by atoms with Gasteiger partial charge in [0.2, 0.25) is 0 Å². The molecular formula is C7H12BrMgN. The van der Waals surface area contributed by atoms with Gasteiger partial charge in [0.05, 0.1) is 0 Å². The van der Waals surface area contributed by atoms with Crippen molar-refractivity contribution in [1.29, 1.82) is 0 Å². The van der Waals surface area contributed by atoms with E-state index in [1.54, 1.807) is 0 Å². The van der Waals surface area contributed by atoms with Gasteiger partial charge < -0.3 is 28.0 Å². The Bertz CT molecular complexity index is 81.7. The first-order valence-corrected chi connectivity index (χ1v) is 3.16. The molecule has 1 fully saturated rings. The molecule has 1 aliphatic rings. The molecule has 0 aromatic rings. The molecule has 10 heavy (non-hydrogen) atoms. The van der Waals surface area contributed by atoms with Gasteiger partial charge in [0.25, 0.3) is 0 Å². The summed E-state index contributed by atoms with van der Waals surface area (Å²) >= 11 is 0. The first-order chi connectivity index (χ1) is 3.93. The zero-order valence-corrected chi connectivity index (χ0v) is 9.28. The van der Waals surface area contributed by atoms with Gasteiger partial charge in [-0.1, -0.05) is 0 Å². The van der Waals surface area contributed by atoms with Crippen LogP contribution in [-0.2, 0) is 0 Å². The molecule has 0 aliphatic carbocycles. The first kappa shape index (κ1) is 13.5. The number of hydrogen-bond donors (Lipinski definition) is 0. The summed E-state index contributed by atoms with van der Waals surface area (Å²) in [5.41, 5.74) is 0. The summed E-state index contributed by atoms with van der Waals surface area (Å²) in [5.74, 6) is 0. The van der Waals surface area contributed by atoms with Crippen molar-refractivity contribution in [3.63, 3.8) is 0 Å². The third-order valence-corrected chi connectivity index (χ3v) is 1.53. The monoisotopic (exact) mass is 213 g/mol. The molecule has 0 radical (unpaired) electrons. The van der Waals surface area contributed by atoms with E-state index in [1.807, 2.05) is 0 Å². The Balaban J connectivity index is 0. The molecule has 1 nitrogen and oxygen atoms in total. The van der Waals surface area contributed by atoms with E-state index in [9.17, 15) is 0 Å². The van der Waals surface area contributed by atoms with Gasteiger partial charge in [-0.05, 0) is 25.9 Å². The maximum absolute atomic E-state index is 3.56. The van der Waals surface area contributed by atoms with E-state index in [2.05, 4.69) is 17.6 Å². The predicted molar refractivity (Wildman–Crippen MR) is 40.3 cm³/mol. The first-order valence-electron chi connectivity index (χ1n) is 3.16. The number of hydrogen-bond acceptors (Lipinski definition) is 1. The average molecular weight is 214 g/mol. The van der Waals surface area contributed by atoms with Gasteiger partial charge in [-0.2, -0.15) is 0 Å². The van der Waals surface area contributed by atoms with Gasteiger partial charge in [0, 0.05) is 0 Å². The van der Waals surface area contributed by atoms with Crippen LogP contribution < -0.4 is 17.0 Å². The van der Waals surface area contributed by atoms with Gasteiger partial charge >= 0.3 is 23.1 Å². The molecule has 1 saturated heterocycles. The number of rotatable bonds is 2. The number of halogens is 1. The molecule has 0 unspecified atom stereocenters. The van der Waals surface area contributed by atoms with E-state index < -0.39 is 0 Å². The molecule has 3 heteroatoms. The summed E-state index contributed by atoms with van der Waals surface area (Å²) in [6, 6.07) is 0. The molecule has 0 aromatic heterocycles. The fourth-order valence-electron chi connectivity index (χ4n) is 1.10. The maximum atomic E-state index is 3.56. The fourth-order valence-corrected chi connectivity index (χ4v) is 1.10. The Morgan fingerprint density at radius 2 is 1.80 bits per heavy atom. The van der Waals surface area contributed by atoms with Crippen molar-refractivity contribution in [2.45, 2.75) is 12.8 Å². The second-order valence-electron chi connectivity index (χ2n) is 2.23. The second kappa shape index (κ2) is 8.05. The van der Waals surface area contributed by atoms with Crippen LogP contribution in [0.25, 0.3) is 0 Å². The molecule has 0 bridgehead atoms. The van der Waals surface area contributed by atoms with Crippen molar-refractivity contribution >= 4 is 23.1 Å². The third-order valence-electron chi connectivity index (χ3n) is 1.53. The summed E-state index contributed by atoms with van der Waals surface area (Å²) in [6.45, 7) is 7.02. The normalized spacial score (nSPS) is 17.2. The average Bonchev–Trinajstić information content (AvgIpc) is 2.19. The summed E-state index contributed by atoms with van der Waals surface area (Å²) in [5, 5.41) is 0. The smallest absolute Gasteiger partial charge is 1.00 e. The van der Waals surface area contributed by atoms with Crippen LogP contribution in [-0.4, -0.2) is 47.6 Å². The second-order valence-corrected chi connectivity index (χ2v) is 2.23. The zero-order valence-electron chi connectivity index (χ0n) is 6.27. The van der Waals surface area contributed by atoms with E-state index in [0.717, 1.165) is 6.54 Å². The molecule has 0 atom stereocenters. The number of nitrogens with zero attached hydrogens (tertiary/aromatic N) is 1. The molecule has 1 heterocycles. The van der Waals surface area contributed by atoms with E-state index >= 15 is 0 Å². The van der Waals surface area contributed by atoms with Crippen LogP contribution >= 0.6 is 0 Å². The van der Waals surface area contributed by atoms with Crippen molar-refractivity contribution in [2.24, 2.45) is 0 Å². The molecule has 0 N–H and O–H groups in total. The van der Waals surface area contributed by atoms with Gasteiger partial charge in [0.15, 0.2) is 0 Å². The van der Waals surface area contributed by atoms with Gasteiger partial charge in [-0.3, -0.25) is 6.58 Å². The Hall–Kier alpha value is 0.946. The minimum atomic E-state index is 0. The molecule has 0 aromatic carbocycles. The molecule has 54 valence electrons. The van der Waals surface area contributed by atoms with Crippen LogP contribution in [0.15, 0.2) is 6.58 Å². The van der Waals surface area contributed by atoms with Crippen molar-refractivity contribution in [3.05, 3.63) is 12.7 Å². The molecule has 1 aliphatic heterocycles. The SMILES string of the molecule is C=[C-]CN1CCCC1.[Br-].[Mg+2]. The van der Waals surface area contributed by atoms with E-state index in [-0.39, 0.29) is 40.0 Å². The third kappa shape index (κ3) is 4.71. The van der Waals surface area contributed by atoms with Crippen molar-refractivity contribution in [1.82, 2.24) is 4.90 Å². The predicted octanol–water partition coefficient (Wildman–Crippen LogP) is -2.31. The van der Waals surface area contributed by atoms with E-state index in [0.29, 0.717) is 0 Å². The Morgan fingerprint density at radius 1 is 1.30 bits per heavy atom. The Morgan fingerprint density at radius 3 is 2.20 bits per heavy atom. The molecule has 1 rings (SSSR count). The molecule has 0 saturated carbocycles. The summed E-state index contributed by atoms with van der Waals surface area (Å²) in [6.07, 6.45) is 5.61. The van der Waals surface area contributed by atoms with E-state index in [4.69, 9.17) is 0 Å². The summed E-state index contributed by atoms with van der Waals surface area (Å²) in [4.78, 5) is 2.37. The van der Waals surface area contributed by atoms with Crippen molar-refractivity contribution in [3.8, 4) is 0 Å². The van der Waals surface area contributed by atoms with Crippen LogP contribution in [0.3, 0.4) is 0 Å². The quantitative estimate of drug-likeness (QED) is 0.369. The van der Waals surface area contributed by atoms with Gasteiger partial charge in [-0.25, -0.2) is 0 Å². The van der Waals surface area contributed by atoms with Crippen LogP contribution in [0.5, 0.6) is 0 Å². The zero-order chi connectivity index (χ0) is 5.82. The Kier molecular flexibility index (Phi) is 10.9. The van der Waals surface area contributed by atoms with Gasteiger partial charge in [0.1, 0.15) is 0 Å². The van der Waals surface area contributed by atoms with Crippen LogP contribution in [0.2, 0.25) is 0 Å². The van der Waals surface area contributed by atoms with Gasteiger partial charge in [-0.15, -0.1) is 6.54 Å². The van der Waals surface area contributed by atoms with Crippen LogP contribution in [0.4, 0.5) is 0 Å². The largest absolute Gasteiger partial charge is 2.00 e. The minimum Gasteiger partial charge on any atom is -1.00 e. The molecule has 0 amide bonds. The summed E-state index contributed by atoms with van der Waals surface area (Å²) < 4.78 is 0. The number of likely N-dealkylation sites (tertiary alicyclic amines) is 1. The van der Waals surface area contributed by atoms with Crippen molar-refractivity contribution < 1.29 is 17.0 Å². The topological polar surface area (TPSA) is 3.24 Å². The van der Waals surface area contributed by atoms with Crippen LogP contribution in [0, 0.1) is 6.08 Å². The molecular weight excluding hydrogens is 202 g/mol. The Labute approximate surface area is 89.8 Å². The van der Waals surface area contributed by atoms with Crippen LogP contribution in [0.1, 0.15) is 12.8 Å². The summed E-state index contributed by atoms with van der Waals surface area (Å²) in [7, 11) is 0. The molecule has 0 spiro atoms. The standard InChI is InChI=1S/C7H12N.BrH.Mg/c1-2-5-8-6-3-4-7-8;;/h1,3-7H2;1H;/q-1;;+2/p-1. The van der Waals surface area contributed by atoms with Crippen molar-refractivity contribution in [2.75, 3.05) is 19.6 Å². The maximum Gasteiger partial charge on any atom is 2.00 e. The fraction of sp³-hybridized carbons (Fsp3) is 0.714. The van der Waals surface area contributed by atoms with E-state index in [1.165, 1.54) is 25.9 Å². The minimum absolute atomic E-state index is 0.